The lowest BCUT2D eigenvalue weighted by Crippen LogP contribution is -2.18. The zero-order valence-corrected chi connectivity index (χ0v) is 10.4. The molecule has 0 saturated heterocycles. The molecule has 1 unspecified atom stereocenters. The maximum absolute atomic E-state index is 11.3. The van der Waals surface area contributed by atoms with Gasteiger partial charge in [-0.05, 0) is 25.5 Å². The Bertz CT molecular complexity index is 369. The minimum atomic E-state index is -0.361. The number of hydrogen-bond donors (Lipinski definition) is 1. The molecule has 0 aliphatic heterocycles. The van der Waals surface area contributed by atoms with Crippen LogP contribution in [0, 0.1) is 0 Å². The van der Waals surface area contributed by atoms with Gasteiger partial charge in [-0.15, -0.1) is 0 Å². The van der Waals surface area contributed by atoms with Crippen molar-refractivity contribution in [1.29, 1.82) is 0 Å². The van der Waals surface area contributed by atoms with Crippen molar-refractivity contribution in [3.05, 3.63) is 23.9 Å². The second-order valence-electron chi connectivity index (χ2n) is 3.75. The first kappa shape index (κ1) is 13.4. The van der Waals surface area contributed by atoms with Gasteiger partial charge in [0, 0.05) is 26.0 Å². The van der Waals surface area contributed by atoms with Gasteiger partial charge in [0.05, 0.1) is 12.7 Å². The van der Waals surface area contributed by atoms with Gasteiger partial charge in [-0.25, -0.2) is 9.78 Å². The highest BCUT2D eigenvalue weighted by Crippen LogP contribution is 2.10. The van der Waals surface area contributed by atoms with Crippen LogP contribution in [-0.2, 0) is 9.47 Å². The predicted octanol–water partition coefficient (Wildman–Crippen LogP) is 1.71. The van der Waals surface area contributed by atoms with Crippen molar-refractivity contribution in [3.63, 3.8) is 0 Å². The molecule has 1 heterocycles. The largest absolute Gasteiger partial charge is 0.465 e. The van der Waals surface area contributed by atoms with Crippen molar-refractivity contribution in [3.8, 4) is 0 Å². The Morgan fingerprint density at radius 3 is 2.94 bits per heavy atom. The Kier molecular flexibility index (Phi) is 5.42. The van der Waals surface area contributed by atoms with Crippen LogP contribution in [-0.4, -0.2) is 37.8 Å². The van der Waals surface area contributed by atoms with Crippen LogP contribution >= 0.6 is 0 Å². The molecule has 1 aromatic rings. The standard InChI is InChI=1S/C12H18N2O3/c1-9(5-7-16-2)14-11-8-10(4-6-13-11)12(15)17-3/h4,6,8-9H,5,7H2,1-3H3,(H,13,14). The first-order chi connectivity index (χ1) is 8.17. The van der Waals surface area contributed by atoms with E-state index < -0.39 is 0 Å². The van der Waals surface area contributed by atoms with Crippen LogP contribution in [0.25, 0.3) is 0 Å². The monoisotopic (exact) mass is 238 g/mol. The average Bonchev–Trinajstić information content (AvgIpc) is 2.35. The molecule has 0 amide bonds. The van der Waals surface area contributed by atoms with Crippen molar-refractivity contribution >= 4 is 11.8 Å². The minimum absolute atomic E-state index is 0.232. The molecule has 94 valence electrons. The van der Waals surface area contributed by atoms with Crippen molar-refractivity contribution in [1.82, 2.24) is 4.98 Å². The Morgan fingerprint density at radius 1 is 1.53 bits per heavy atom. The van der Waals surface area contributed by atoms with Gasteiger partial charge < -0.3 is 14.8 Å². The molecule has 0 saturated carbocycles. The van der Waals surface area contributed by atoms with Gasteiger partial charge in [0.15, 0.2) is 0 Å². The number of anilines is 1. The van der Waals surface area contributed by atoms with E-state index in [1.807, 2.05) is 6.92 Å². The molecule has 0 bridgehead atoms. The van der Waals surface area contributed by atoms with Crippen LogP contribution in [0.1, 0.15) is 23.7 Å². The average molecular weight is 238 g/mol. The third-order valence-corrected chi connectivity index (χ3v) is 2.33. The lowest BCUT2D eigenvalue weighted by atomic mass is 10.2. The number of carbonyl (C=O) groups is 1. The number of aromatic nitrogens is 1. The summed E-state index contributed by atoms with van der Waals surface area (Å²) in [5.74, 6) is 0.302. The molecule has 0 spiro atoms. The summed E-state index contributed by atoms with van der Waals surface area (Å²) < 4.78 is 9.64. The molecule has 0 fully saturated rings. The first-order valence-corrected chi connectivity index (χ1v) is 5.47. The highest BCUT2D eigenvalue weighted by atomic mass is 16.5. The van der Waals surface area contributed by atoms with E-state index in [9.17, 15) is 4.79 Å². The molecule has 0 aromatic carbocycles. The summed E-state index contributed by atoms with van der Waals surface area (Å²) in [6.45, 7) is 2.72. The molecule has 0 aliphatic rings. The Hall–Kier alpha value is -1.62. The fourth-order valence-electron chi connectivity index (χ4n) is 1.37. The number of rotatable bonds is 6. The molecule has 5 heteroatoms. The van der Waals surface area contributed by atoms with E-state index >= 15 is 0 Å². The lowest BCUT2D eigenvalue weighted by Gasteiger charge is -2.14. The van der Waals surface area contributed by atoms with E-state index in [4.69, 9.17) is 4.74 Å². The normalized spacial score (nSPS) is 11.9. The molecular weight excluding hydrogens is 220 g/mol. The smallest absolute Gasteiger partial charge is 0.338 e. The number of pyridine rings is 1. The third kappa shape index (κ3) is 4.40. The quantitative estimate of drug-likeness (QED) is 0.764. The summed E-state index contributed by atoms with van der Waals surface area (Å²) in [5.41, 5.74) is 0.490. The van der Waals surface area contributed by atoms with Crippen molar-refractivity contribution in [2.24, 2.45) is 0 Å². The summed E-state index contributed by atoms with van der Waals surface area (Å²) in [7, 11) is 3.03. The maximum Gasteiger partial charge on any atom is 0.338 e. The molecule has 1 atom stereocenters. The van der Waals surface area contributed by atoms with Crippen LogP contribution in [0.2, 0.25) is 0 Å². The molecule has 1 N–H and O–H groups in total. The highest BCUT2D eigenvalue weighted by molar-refractivity contribution is 5.89. The van der Waals surface area contributed by atoms with Gasteiger partial charge in [-0.2, -0.15) is 0 Å². The number of ether oxygens (including phenoxy) is 2. The van der Waals surface area contributed by atoms with Crippen molar-refractivity contribution in [2.45, 2.75) is 19.4 Å². The summed E-state index contributed by atoms with van der Waals surface area (Å²) in [4.78, 5) is 15.5. The van der Waals surface area contributed by atoms with E-state index in [1.54, 1.807) is 25.4 Å². The van der Waals surface area contributed by atoms with Crippen molar-refractivity contribution in [2.75, 3.05) is 26.1 Å². The van der Waals surface area contributed by atoms with Gasteiger partial charge in [0.2, 0.25) is 0 Å². The topological polar surface area (TPSA) is 60.5 Å². The van der Waals surface area contributed by atoms with Crippen LogP contribution < -0.4 is 5.32 Å². The lowest BCUT2D eigenvalue weighted by molar-refractivity contribution is 0.0600. The highest BCUT2D eigenvalue weighted by Gasteiger charge is 2.08. The molecule has 0 radical (unpaired) electrons. The summed E-state index contributed by atoms with van der Waals surface area (Å²) in [6, 6.07) is 3.53. The van der Waals surface area contributed by atoms with Gasteiger partial charge in [0.25, 0.3) is 0 Å². The second-order valence-corrected chi connectivity index (χ2v) is 3.75. The first-order valence-electron chi connectivity index (χ1n) is 5.47. The van der Waals surface area contributed by atoms with E-state index in [1.165, 1.54) is 7.11 Å². The van der Waals surface area contributed by atoms with E-state index in [0.29, 0.717) is 18.0 Å². The number of carbonyl (C=O) groups excluding carboxylic acids is 1. The number of nitrogens with one attached hydrogen (secondary N) is 1. The summed E-state index contributed by atoms with van der Waals surface area (Å²) >= 11 is 0. The van der Waals surface area contributed by atoms with Gasteiger partial charge in [0.1, 0.15) is 5.82 Å². The molecule has 17 heavy (non-hydrogen) atoms. The molecule has 5 nitrogen and oxygen atoms in total. The second kappa shape index (κ2) is 6.85. The zero-order valence-electron chi connectivity index (χ0n) is 10.4. The summed E-state index contributed by atoms with van der Waals surface area (Å²) in [5, 5.41) is 3.20. The predicted molar refractivity (Wildman–Crippen MR) is 65.2 cm³/mol. The summed E-state index contributed by atoms with van der Waals surface area (Å²) in [6.07, 6.45) is 2.46. The minimum Gasteiger partial charge on any atom is -0.465 e. The van der Waals surface area contributed by atoms with Gasteiger partial charge in [-0.1, -0.05) is 0 Å². The fourth-order valence-corrected chi connectivity index (χ4v) is 1.37. The molecule has 1 aromatic heterocycles. The fraction of sp³-hybridized carbons (Fsp3) is 0.500. The SMILES string of the molecule is COCCC(C)Nc1cc(C(=O)OC)ccn1. The van der Waals surface area contributed by atoms with Crippen LogP contribution in [0.4, 0.5) is 5.82 Å². The Labute approximate surface area is 101 Å². The Morgan fingerprint density at radius 2 is 2.29 bits per heavy atom. The third-order valence-electron chi connectivity index (χ3n) is 2.33. The molecule has 1 rings (SSSR count). The van der Waals surface area contributed by atoms with Crippen LogP contribution in [0.3, 0.4) is 0 Å². The van der Waals surface area contributed by atoms with Gasteiger partial charge >= 0.3 is 5.97 Å². The van der Waals surface area contributed by atoms with Gasteiger partial charge in [-0.3, -0.25) is 0 Å². The van der Waals surface area contributed by atoms with Crippen molar-refractivity contribution < 1.29 is 14.3 Å². The zero-order chi connectivity index (χ0) is 12.7. The Balaban J connectivity index is 2.62. The van der Waals surface area contributed by atoms with E-state index in [0.717, 1.165) is 6.42 Å². The number of nitrogens with zero attached hydrogens (tertiary/aromatic N) is 1. The van der Waals surface area contributed by atoms with E-state index in [-0.39, 0.29) is 12.0 Å². The van der Waals surface area contributed by atoms with Crippen LogP contribution in [0.15, 0.2) is 18.3 Å². The van der Waals surface area contributed by atoms with E-state index in [2.05, 4.69) is 15.0 Å². The van der Waals surface area contributed by atoms with Crippen LogP contribution in [0.5, 0.6) is 0 Å². The maximum atomic E-state index is 11.3. The number of esters is 1. The molecular formula is C12H18N2O3. The number of methoxy groups -OCH3 is 2. The number of hydrogen-bond acceptors (Lipinski definition) is 5. The molecule has 0 aliphatic carbocycles.